The van der Waals surface area contributed by atoms with Crippen LogP contribution in [0.25, 0.3) is 0 Å². The van der Waals surface area contributed by atoms with E-state index in [1.807, 2.05) is 13.8 Å². The third-order valence-corrected chi connectivity index (χ3v) is 3.13. The molecule has 1 amide bonds. The topological polar surface area (TPSA) is 101 Å². The average molecular weight is 288 g/mol. The van der Waals surface area contributed by atoms with Crippen LogP contribution in [0, 0.1) is 17.0 Å². The van der Waals surface area contributed by atoms with Gasteiger partial charge < -0.3 is 5.32 Å². The van der Waals surface area contributed by atoms with E-state index in [9.17, 15) is 14.9 Å². The van der Waals surface area contributed by atoms with Gasteiger partial charge in [-0.1, -0.05) is 13.8 Å². The van der Waals surface area contributed by atoms with E-state index in [0.717, 1.165) is 5.69 Å². The highest BCUT2D eigenvalue weighted by Crippen LogP contribution is 2.19. The van der Waals surface area contributed by atoms with Gasteiger partial charge in [0.2, 0.25) is 0 Å². The van der Waals surface area contributed by atoms with Gasteiger partial charge in [-0.15, -0.1) is 0 Å². The monoisotopic (exact) mass is 288 g/mol. The standard InChI is InChI=1S/C14H16N4O3/c1-8(2)12-7-13(17-16-12)15-14(19)11-5-4-10(18(20)21)6-9(11)3/h4-8H,1-3H3,(H2,15,16,17,19). The number of aromatic nitrogens is 2. The highest BCUT2D eigenvalue weighted by Gasteiger charge is 2.15. The lowest BCUT2D eigenvalue weighted by Crippen LogP contribution is -2.13. The summed E-state index contributed by atoms with van der Waals surface area (Å²) in [6.07, 6.45) is 0. The smallest absolute Gasteiger partial charge is 0.269 e. The van der Waals surface area contributed by atoms with Crippen LogP contribution in [0.1, 0.15) is 41.4 Å². The molecule has 0 aliphatic rings. The molecular formula is C14H16N4O3. The molecule has 21 heavy (non-hydrogen) atoms. The number of nitro benzene ring substituents is 1. The van der Waals surface area contributed by atoms with Crippen molar-refractivity contribution in [3.63, 3.8) is 0 Å². The number of aromatic amines is 1. The van der Waals surface area contributed by atoms with Crippen LogP contribution in [0.5, 0.6) is 0 Å². The van der Waals surface area contributed by atoms with Gasteiger partial charge in [0.15, 0.2) is 5.82 Å². The number of H-pyrrole nitrogens is 1. The molecule has 1 heterocycles. The number of hydrogen-bond donors (Lipinski definition) is 2. The molecule has 0 atom stereocenters. The van der Waals surface area contributed by atoms with Gasteiger partial charge in [-0.3, -0.25) is 20.0 Å². The Labute approximate surface area is 121 Å². The van der Waals surface area contributed by atoms with E-state index >= 15 is 0 Å². The Morgan fingerprint density at radius 2 is 2.10 bits per heavy atom. The van der Waals surface area contributed by atoms with Gasteiger partial charge >= 0.3 is 0 Å². The summed E-state index contributed by atoms with van der Waals surface area (Å²) < 4.78 is 0. The number of carbonyl (C=O) groups excluding carboxylic acids is 1. The van der Waals surface area contributed by atoms with Gasteiger partial charge in [0.1, 0.15) is 0 Å². The first-order valence-electron chi connectivity index (χ1n) is 6.50. The van der Waals surface area contributed by atoms with Crippen molar-refractivity contribution in [3.8, 4) is 0 Å². The van der Waals surface area contributed by atoms with E-state index in [1.165, 1.54) is 18.2 Å². The van der Waals surface area contributed by atoms with Crippen molar-refractivity contribution in [1.29, 1.82) is 0 Å². The molecule has 0 spiro atoms. The van der Waals surface area contributed by atoms with Crippen LogP contribution in [0.3, 0.4) is 0 Å². The third-order valence-electron chi connectivity index (χ3n) is 3.13. The van der Waals surface area contributed by atoms with Crippen LogP contribution in [-0.4, -0.2) is 21.0 Å². The minimum absolute atomic E-state index is 0.0362. The summed E-state index contributed by atoms with van der Waals surface area (Å²) in [5.74, 6) is 0.370. The van der Waals surface area contributed by atoms with Crippen molar-refractivity contribution in [2.75, 3.05) is 5.32 Å². The second-order valence-electron chi connectivity index (χ2n) is 5.07. The molecule has 7 nitrogen and oxygen atoms in total. The maximum Gasteiger partial charge on any atom is 0.269 e. The zero-order valence-corrected chi connectivity index (χ0v) is 12.0. The van der Waals surface area contributed by atoms with Crippen LogP contribution < -0.4 is 5.32 Å². The number of nitrogens with zero attached hydrogens (tertiary/aromatic N) is 2. The van der Waals surface area contributed by atoms with Gasteiger partial charge in [0, 0.05) is 29.5 Å². The van der Waals surface area contributed by atoms with Gasteiger partial charge in [-0.25, -0.2) is 0 Å². The number of anilines is 1. The normalized spacial score (nSPS) is 10.7. The fourth-order valence-corrected chi connectivity index (χ4v) is 1.90. The highest BCUT2D eigenvalue weighted by atomic mass is 16.6. The number of amides is 1. The molecule has 0 bridgehead atoms. The number of nitro groups is 1. The molecule has 0 unspecified atom stereocenters. The maximum absolute atomic E-state index is 12.2. The van der Waals surface area contributed by atoms with Crippen LogP contribution in [0.4, 0.5) is 11.5 Å². The van der Waals surface area contributed by atoms with Crippen molar-refractivity contribution >= 4 is 17.4 Å². The molecule has 1 aromatic carbocycles. The Morgan fingerprint density at radius 3 is 2.62 bits per heavy atom. The summed E-state index contributed by atoms with van der Waals surface area (Å²) in [6, 6.07) is 5.90. The largest absolute Gasteiger partial charge is 0.305 e. The zero-order chi connectivity index (χ0) is 15.6. The van der Waals surface area contributed by atoms with Crippen molar-refractivity contribution in [3.05, 3.63) is 51.2 Å². The summed E-state index contributed by atoms with van der Waals surface area (Å²) >= 11 is 0. The van der Waals surface area contributed by atoms with Gasteiger partial charge in [0.25, 0.3) is 11.6 Å². The van der Waals surface area contributed by atoms with Crippen molar-refractivity contribution < 1.29 is 9.72 Å². The minimum atomic E-state index is -0.489. The quantitative estimate of drug-likeness (QED) is 0.667. The Bertz CT molecular complexity index is 691. The summed E-state index contributed by atoms with van der Waals surface area (Å²) in [6.45, 7) is 5.69. The summed E-state index contributed by atoms with van der Waals surface area (Å²) in [4.78, 5) is 22.4. The van der Waals surface area contributed by atoms with E-state index < -0.39 is 4.92 Å². The SMILES string of the molecule is Cc1cc([N+](=O)[O-])ccc1C(=O)Nc1cc(C(C)C)[nH]n1. The summed E-state index contributed by atoms with van der Waals surface area (Å²) in [5.41, 5.74) is 1.81. The lowest BCUT2D eigenvalue weighted by atomic mass is 10.1. The molecule has 2 aromatic rings. The molecular weight excluding hydrogens is 272 g/mol. The fourth-order valence-electron chi connectivity index (χ4n) is 1.90. The van der Waals surface area contributed by atoms with Gasteiger partial charge in [0.05, 0.1) is 4.92 Å². The Balaban J connectivity index is 2.18. The van der Waals surface area contributed by atoms with Crippen molar-refractivity contribution in [2.24, 2.45) is 0 Å². The lowest BCUT2D eigenvalue weighted by molar-refractivity contribution is -0.384. The lowest BCUT2D eigenvalue weighted by Gasteiger charge is -2.05. The number of hydrogen-bond acceptors (Lipinski definition) is 4. The van der Waals surface area contributed by atoms with E-state index in [-0.39, 0.29) is 17.5 Å². The Hall–Kier alpha value is -2.70. The Morgan fingerprint density at radius 1 is 1.38 bits per heavy atom. The first kappa shape index (κ1) is 14.7. The molecule has 0 aliphatic carbocycles. The molecule has 0 fully saturated rings. The van der Waals surface area contributed by atoms with Gasteiger partial charge in [-0.05, 0) is 24.5 Å². The Kier molecular flexibility index (Phi) is 4.02. The number of rotatable bonds is 4. The number of carbonyl (C=O) groups is 1. The molecule has 7 heteroatoms. The molecule has 0 radical (unpaired) electrons. The first-order chi connectivity index (χ1) is 9.88. The van der Waals surface area contributed by atoms with E-state index in [1.54, 1.807) is 13.0 Å². The van der Waals surface area contributed by atoms with Crippen molar-refractivity contribution in [1.82, 2.24) is 10.2 Å². The summed E-state index contributed by atoms with van der Waals surface area (Å²) in [5, 5.41) is 20.2. The second kappa shape index (κ2) is 5.74. The second-order valence-corrected chi connectivity index (χ2v) is 5.07. The average Bonchev–Trinajstić information content (AvgIpc) is 2.87. The van der Waals surface area contributed by atoms with E-state index in [4.69, 9.17) is 0 Å². The highest BCUT2D eigenvalue weighted by molar-refractivity contribution is 6.04. The van der Waals surface area contributed by atoms with Crippen LogP contribution in [-0.2, 0) is 0 Å². The van der Waals surface area contributed by atoms with Crippen molar-refractivity contribution in [2.45, 2.75) is 26.7 Å². The molecule has 2 rings (SSSR count). The maximum atomic E-state index is 12.2. The van der Waals surface area contributed by atoms with Crippen LogP contribution in [0.2, 0.25) is 0 Å². The van der Waals surface area contributed by atoms with E-state index in [2.05, 4.69) is 15.5 Å². The van der Waals surface area contributed by atoms with E-state index in [0.29, 0.717) is 16.9 Å². The number of non-ortho nitro benzene ring substituents is 1. The molecule has 0 saturated heterocycles. The van der Waals surface area contributed by atoms with Crippen LogP contribution >= 0.6 is 0 Å². The molecule has 110 valence electrons. The molecule has 2 N–H and O–H groups in total. The predicted octanol–water partition coefficient (Wildman–Crippen LogP) is 3.00. The number of benzene rings is 1. The van der Waals surface area contributed by atoms with Gasteiger partial charge in [-0.2, -0.15) is 5.10 Å². The predicted molar refractivity (Wildman–Crippen MR) is 78.5 cm³/mol. The number of nitrogens with one attached hydrogen (secondary N) is 2. The zero-order valence-electron chi connectivity index (χ0n) is 12.0. The molecule has 0 saturated carbocycles. The summed E-state index contributed by atoms with van der Waals surface area (Å²) in [7, 11) is 0. The molecule has 0 aliphatic heterocycles. The fraction of sp³-hybridized carbons (Fsp3) is 0.286. The van der Waals surface area contributed by atoms with Crippen LogP contribution in [0.15, 0.2) is 24.3 Å². The molecule has 1 aromatic heterocycles. The third kappa shape index (κ3) is 3.25. The number of aryl methyl sites for hydroxylation is 1. The minimum Gasteiger partial charge on any atom is -0.305 e. The first-order valence-corrected chi connectivity index (χ1v) is 6.50.